The number of benzene rings is 1. The summed E-state index contributed by atoms with van der Waals surface area (Å²) in [5.74, 6) is -0.282. The topological polar surface area (TPSA) is 26.3 Å². The van der Waals surface area contributed by atoms with E-state index in [2.05, 4.69) is 0 Å². The summed E-state index contributed by atoms with van der Waals surface area (Å²) >= 11 is 18.2. The predicted molar refractivity (Wildman–Crippen MR) is 83.1 cm³/mol. The van der Waals surface area contributed by atoms with Gasteiger partial charge in [0.1, 0.15) is 0 Å². The molecule has 5 heteroatoms. The zero-order valence-electron chi connectivity index (χ0n) is 11.4. The molecule has 0 aliphatic heterocycles. The Hall–Kier alpha value is -0.700. The summed E-state index contributed by atoms with van der Waals surface area (Å²) < 4.78 is 4.81. The molecule has 1 aromatic rings. The average molecular weight is 334 g/mol. The average Bonchev–Trinajstić information content (AvgIpc) is 2.93. The number of hydrogen-bond donors (Lipinski definition) is 0. The van der Waals surface area contributed by atoms with Gasteiger partial charge in [-0.1, -0.05) is 60.8 Å². The van der Waals surface area contributed by atoms with Crippen molar-refractivity contribution in [3.05, 3.63) is 39.9 Å². The van der Waals surface area contributed by atoms with Crippen LogP contribution in [-0.2, 0) is 9.53 Å². The molecule has 1 aliphatic rings. The third kappa shape index (κ3) is 2.83. The monoisotopic (exact) mass is 332 g/mol. The molecule has 1 fully saturated rings. The highest BCUT2D eigenvalue weighted by Gasteiger charge is 2.61. The van der Waals surface area contributed by atoms with E-state index in [1.54, 1.807) is 18.2 Å². The van der Waals surface area contributed by atoms with Crippen LogP contribution < -0.4 is 0 Å². The van der Waals surface area contributed by atoms with Crippen LogP contribution in [0.5, 0.6) is 0 Å². The van der Waals surface area contributed by atoms with Crippen molar-refractivity contribution >= 4 is 45.8 Å². The van der Waals surface area contributed by atoms with E-state index in [0.717, 1.165) is 5.56 Å². The van der Waals surface area contributed by atoms with E-state index < -0.39 is 0 Å². The Kier molecular flexibility index (Phi) is 4.38. The SMILES string of the molecule is COC(=O)C1C(C=C(Cl)c2ccc(Cl)c(Cl)c2)C1(C)C. The first-order chi connectivity index (χ1) is 9.28. The van der Waals surface area contributed by atoms with E-state index in [4.69, 9.17) is 39.5 Å². The fourth-order valence-electron chi connectivity index (χ4n) is 2.46. The number of allylic oxidation sites excluding steroid dienone is 1. The quantitative estimate of drug-likeness (QED) is 0.726. The number of esters is 1. The number of carbonyl (C=O) groups excluding carboxylic acids is 1. The van der Waals surface area contributed by atoms with Crippen molar-refractivity contribution in [3.8, 4) is 0 Å². The Morgan fingerprint density at radius 1 is 1.30 bits per heavy atom. The van der Waals surface area contributed by atoms with Gasteiger partial charge in [0.15, 0.2) is 0 Å². The smallest absolute Gasteiger partial charge is 0.309 e. The molecule has 2 rings (SSSR count). The lowest BCUT2D eigenvalue weighted by Crippen LogP contribution is -2.07. The summed E-state index contributed by atoms with van der Waals surface area (Å²) in [6, 6.07) is 5.21. The van der Waals surface area contributed by atoms with Gasteiger partial charge in [-0.25, -0.2) is 0 Å². The molecule has 0 N–H and O–H groups in total. The van der Waals surface area contributed by atoms with Gasteiger partial charge >= 0.3 is 5.97 Å². The van der Waals surface area contributed by atoms with E-state index in [1.165, 1.54) is 7.11 Å². The summed E-state index contributed by atoms with van der Waals surface area (Å²) in [5.41, 5.74) is 0.649. The highest BCUT2D eigenvalue weighted by molar-refractivity contribution is 6.49. The largest absolute Gasteiger partial charge is 0.469 e. The number of hydrogen-bond acceptors (Lipinski definition) is 2. The van der Waals surface area contributed by atoms with Crippen LogP contribution in [0.3, 0.4) is 0 Å². The molecule has 2 nitrogen and oxygen atoms in total. The molecule has 1 saturated carbocycles. The van der Waals surface area contributed by atoms with Gasteiger partial charge in [-0.2, -0.15) is 0 Å². The summed E-state index contributed by atoms with van der Waals surface area (Å²) in [7, 11) is 1.40. The van der Waals surface area contributed by atoms with Crippen molar-refractivity contribution < 1.29 is 9.53 Å². The van der Waals surface area contributed by atoms with Gasteiger partial charge in [-0.15, -0.1) is 0 Å². The molecule has 1 aliphatic carbocycles. The molecule has 0 radical (unpaired) electrons. The number of methoxy groups -OCH3 is 1. The summed E-state index contributed by atoms with van der Waals surface area (Å²) in [6.45, 7) is 4.05. The van der Waals surface area contributed by atoms with Crippen molar-refractivity contribution in [2.75, 3.05) is 7.11 Å². The third-order valence-corrected chi connectivity index (χ3v) is 4.97. The first-order valence-corrected chi connectivity index (χ1v) is 7.33. The van der Waals surface area contributed by atoms with Crippen LogP contribution in [0.2, 0.25) is 10.0 Å². The Balaban J connectivity index is 2.23. The minimum absolute atomic E-state index is 0.0666. The first kappa shape index (κ1) is 15.7. The van der Waals surface area contributed by atoms with Crippen LogP contribution in [-0.4, -0.2) is 13.1 Å². The first-order valence-electron chi connectivity index (χ1n) is 6.19. The third-order valence-electron chi connectivity index (χ3n) is 3.89. The minimum atomic E-state index is -0.199. The second-order valence-electron chi connectivity index (χ2n) is 5.49. The van der Waals surface area contributed by atoms with Crippen molar-refractivity contribution in [3.63, 3.8) is 0 Å². The fraction of sp³-hybridized carbons (Fsp3) is 0.400. The standard InChI is InChI=1S/C15H15Cl3O2/c1-15(2)9(13(15)14(19)20-3)7-11(17)8-4-5-10(16)12(18)6-8/h4-7,9,13H,1-3H3. The van der Waals surface area contributed by atoms with Gasteiger partial charge in [-0.3, -0.25) is 4.79 Å². The molecule has 0 aromatic heterocycles. The zero-order chi connectivity index (χ0) is 15.1. The van der Waals surface area contributed by atoms with Crippen LogP contribution >= 0.6 is 34.8 Å². The predicted octanol–water partition coefficient (Wildman–Crippen LogP) is 5.02. The number of rotatable bonds is 3. The molecule has 20 heavy (non-hydrogen) atoms. The van der Waals surface area contributed by atoms with Crippen LogP contribution in [0.25, 0.3) is 5.03 Å². The Labute approximate surface area is 133 Å². The highest BCUT2D eigenvalue weighted by atomic mass is 35.5. The Bertz CT molecular complexity index is 578. The molecule has 0 amide bonds. The fourth-order valence-corrected chi connectivity index (χ4v) is 3.02. The number of ether oxygens (including phenoxy) is 1. The van der Waals surface area contributed by atoms with Gasteiger partial charge in [-0.05, 0) is 29.0 Å². The molecule has 0 spiro atoms. The van der Waals surface area contributed by atoms with E-state index >= 15 is 0 Å². The molecule has 2 atom stereocenters. The maximum absolute atomic E-state index is 11.7. The van der Waals surface area contributed by atoms with Gasteiger partial charge in [0.25, 0.3) is 0 Å². The van der Waals surface area contributed by atoms with E-state index in [9.17, 15) is 4.79 Å². The van der Waals surface area contributed by atoms with Crippen LogP contribution in [0.1, 0.15) is 19.4 Å². The van der Waals surface area contributed by atoms with Crippen LogP contribution in [0.15, 0.2) is 24.3 Å². The lowest BCUT2D eigenvalue weighted by atomic mass is 10.1. The van der Waals surface area contributed by atoms with E-state index in [-0.39, 0.29) is 23.2 Å². The maximum Gasteiger partial charge on any atom is 0.309 e. The molecule has 108 valence electrons. The van der Waals surface area contributed by atoms with Gasteiger partial charge in [0.05, 0.1) is 23.1 Å². The van der Waals surface area contributed by atoms with Crippen molar-refractivity contribution in [1.29, 1.82) is 0 Å². The Morgan fingerprint density at radius 3 is 2.50 bits per heavy atom. The Morgan fingerprint density at radius 2 is 1.95 bits per heavy atom. The minimum Gasteiger partial charge on any atom is -0.469 e. The highest BCUT2D eigenvalue weighted by Crippen LogP contribution is 2.60. The number of halogens is 3. The normalized spacial score (nSPS) is 24.4. The van der Waals surface area contributed by atoms with Crippen LogP contribution in [0, 0.1) is 17.3 Å². The van der Waals surface area contributed by atoms with Crippen LogP contribution in [0.4, 0.5) is 0 Å². The second-order valence-corrected chi connectivity index (χ2v) is 6.71. The maximum atomic E-state index is 11.7. The van der Waals surface area contributed by atoms with Gasteiger partial charge < -0.3 is 4.74 Å². The van der Waals surface area contributed by atoms with Gasteiger partial charge in [0.2, 0.25) is 0 Å². The molecule has 0 heterocycles. The molecule has 1 aromatic carbocycles. The van der Waals surface area contributed by atoms with E-state index in [1.807, 2.05) is 19.9 Å². The van der Waals surface area contributed by atoms with Crippen molar-refractivity contribution in [2.45, 2.75) is 13.8 Å². The van der Waals surface area contributed by atoms with E-state index in [0.29, 0.717) is 15.1 Å². The van der Waals surface area contributed by atoms with Crippen molar-refractivity contribution in [1.82, 2.24) is 0 Å². The van der Waals surface area contributed by atoms with Gasteiger partial charge in [0, 0.05) is 5.03 Å². The summed E-state index contributed by atoms with van der Waals surface area (Å²) in [6.07, 6.45) is 1.89. The lowest BCUT2D eigenvalue weighted by molar-refractivity contribution is -0.143. The molecular weight excluding hydrogens is 319 g/mol. The molecular formula is C15H15Cl3O2. The molecule has 0 saturated heterocycles. The molecule has 0 bridgehead atoms. The number of carbonyl (C=O) groups is 1. The summed E-state index contributed by atoms with van der Waals surface area (Å²) in [4.78, 5) is 11.7. The summed E-state index contributed by atoms with van der Waals surface area (Å²) in [5, 5.41) is 1.50. The second kappa shape index (κ2) is 5.59. The van der Waals surface area contributed by atoms with Crippen molar-refractivity contribution in [2.24, 2.45) is 17.3 Å². The lowest BCUT2D eigenvalue weighted by Gasteiger charge is -2.03. The zero-order valence-corrected chi connectivity index (χ0v) is 13.7. The molecule has 2 unspecified atom stereocenters.